The minimum absolute atomic E-state index is 0. The third kappa shape index (κ3) is 5.68. The van der Waals surface area contributed by atoms with Gasteiger partial charge in [0, 0.05) is 48.7 Å². The Labute approximate surface area is 141 Å². The first kappa shape index (κ1) is 19.7. The summed E-state index contributed by atoms with van der Waals surface area (Å²) >= 11 is 3.17. The summed E-state index contributed by atoms with van der Waals surface area (Å²) in [5, 5.41) is 3.15. The number of nitrogens with zero attached hydrogens (tertiary/aromatic N) is 1. The van der Waals surface area contributed by atoms with Gasteiger partial charge in [-0.3, -0.25) is 4.90 Å². The van der Waals surface area contributed by atoms with Crippen LogP contribution < -0.4 is 5.32 Å². The van der Waals surface area contributed by atoms with Gasteiger partial charge in [-0.2, -0.15) is 13.2 Å². The number of rotatable bonds is 4. The fraction of sp³-hybridized carbons (Fsp3) is 0.571. The summed E-state index contributed by atoms with van der Waals surface area (Å²) in [4.78, 5) is 1.93. The molecule has 2 rings (SSSR count). The van der Waals surface area contributed by atoms with Gasteiger partial charge in [0.1, 0.15) is 5.82 Å². The predicted octanol–water partition coefficient (Wildman–Crippen LogP) is 4.30. The van der Waals surface area contributed by atoms with Crippen LogP contribution in [-0.4, -0.2) is 37.3 Å². The first-order valence-corrected chi connectivity index (χ1v) is 7.62. The summed E-state index contributed by atoms with van der Waals surface area (Å²) < 4.78 is 52.3. The fourth-order valence-electron chi connectivity index (χ4n) is 2.60. The fourth-order valence-corrected chi connectivity index (χ4v) is 2.93. The van der Waals surface area contributed by atoms with Crippen LogP contribution in [0.25, 0.3) is 0 Å². The van der Waals surface area contributed by atoms with Crippen molar-refractivity contribution in [3.05, 3.63) is 34.1 Å². The molecular formula is C14H18BrClF4N2. The summed E-state index contributed by atoms with van der Waals surface area (Å²) in [5.74, 6) is -0.463. The summed E-state index contributed by atoms with van der Waals surface area (Å²) in [7, 11) is 0. The van der Waals surface area contributed by atoms with Crippen LogP contribution in [0.1, 0.15) is 24.4 Å². The van der Waals surface area contributed by atoms with E-state index in [4.69, 9.17) is 0 Å². The molecule has 1 aromatic rings. The number of halogens is 6. The van der Waals surface area contributed by atoms with E-state index in [1.807, 2.05) is 4.90 Å². The molecule has 0 aromatic heterocycles. The van der Waals surface area contributed by atoms with E-state index in [1.54, 1.807) is 12.1 Å². The minimum Gasteiger partial charge on any atom is -0.314 e. The van der Waals surface area contributed by atoms with E-state index < -0.39 is 24.5 Å². The molecule has 0 saturated carbocycles. The van der Waals surface area contributed by atoms with E-state index in [0.29, 0.717) is 36.2 Å². The zero-order valence-corrected chi connectivity index (χ0v) is 14.2. The zero-order chi connectivity index (χ0) is 15.5. The average molecular weight is 406 g/mol. The highest BCUT2D eigenvalue weighted by atomic mass is 79.9. The number of hydrogen-bond acceptors (Lipinski definition) is 2. The Bertz CT molecular complexity index is 478. The first-order valence-electron chi connectivity index (χ1n) is 6.83. The Morgan fingerprint density at radius 2 is 1.86 bits per heavy atom. The smallest absolute Gasteiger partial charge is 0.314 e. The van der Waals surface area contributed by atoms with Gasteiger partial charge in [0.2, 0.25) is 0 Å². The van der Waals surface area contributed by atoms with Crippen LogP contribution in [0, 0.1) is 5.82 Å². The first-order chi connectivity index (χ1) is 9.87. The molecule has 1 atom stereocenters. The SMILES string of the molecule is Cl.Fc1cc(Br)ccc1[C@H](CCC(F)(F)F)N1CCNCC1. The van der Waals surface area contributed by atoms with Crippen molar-refractivity contribution < 1.29 is 17.6 Å². The van der Waals surface area contributed by atoms with Gasteiger partial charge in [0.05, 0.1) is 0 Å². The van der Waals surface area contributed by atoms with Crippen molar-refractivity contribution >= 4 is 28.3 Å². The van der Waals surface area contributed by atoms with Crippen molar-refractivity contribution in [1.29, 1.82) is 0 Å². The molecule has 2 nitrogen and oxygen atoms in total. The number of nitrogens with one attached hydrogen (secondary N) is 1. The maximum atomic E-state index is 14.1. The highest BCUT2D eigenvalue weighted by molar-refractivity contribution is 9.10. The van der Waals surface area contributed by atoms with Crippen LogP contribution >= 0.6 is 28.3 Å². The summed E-state index contributed by atoms with van der Waals surface area (Å²) in [5.41, 5.74) is 0.337. The van der Waals surface area contributed by atoms with Crippen molar-refractivity contribution in [1.82, 2.24) is 10.2 Å². The lowest BCUT2D eigenvalue weighted by Crippen LogP contribution is -2.45. The number of alkyl halides is 3. The van der Waals surface area contributed by atoms with Gasteiger partial charge in [-0.25, -0.2) is 4.39 Å². The maximum absolute atomic E-state index is 14.1. The quantitative estimate of drug-likeness (QED) is 0.752. The van der Waals surface area contributed by atoms with Crippen LogP contribution in [0.15, 0.2) is 22.7 Å². The molecule has 1 heterocycles. The third-order valence-corrected chi connectivity index (χ3v) is 4.11. The molecule has 0 radical (unpaired) electrons. The standard InChI is InChI=1S/C14H17BrF4N2.ClH/c15-10-1-2-11(12(16)9-10)13(3-4-14(17,18)19)21-7-5-20-6-8-21;/h1-2,9,13,20H,3-8H2;1H/t13-;/m0./s1. The maximum Gasteiger partial charge on any atom is 0.389 e. The van der Waals surface area contributed by atoms with Crippen molar-refractivity contribution in [2.45, 2.75) is 25.1 Å². The van der Waals surface area contributed by atoms with Gasteiger partial charge in [0.15, 0.2) is 0 Å². The van der Waals surface area contributed by atoms with Gasteiger partial charge in [0.25, 0.3) is 0 Å². The number of hydrogen-bond donors (Lipinski definition) is 1. The monoisotopic (exact) mass is 404 g/mol. The van der Waals surface area contributed by atoms with Crippen LogP contribution in [0.4, 0.5) is 17.6 Å². The van der Waals surface area contributed by atoms with E-state index in [-0.39, 0.29) is 18.8 Å². The lowest BCUT2D eigenvalue weighted by molar-refractivity contribution is -0.138. The van der Waals surface area contributed by atoms with Crippen molar-refractivity contribution in [3.63, 3.8) is 0 Å². The van der Waals surface area contributed by atoms with Gasteiger partial charge < -0.3 is 5.32 Å². The molecule has 1 fully saturated rings. The molecule has 126 valence electrons. The molecule has 1 saturated heterocycles. The Hall–Kier alpha value is -0.370. The predicted molar refractivity (Wildman–Crippen MR) is 83.8 cm³/mol. The molecule has 1 aliphatic rings. The molecule has 1 aliphatic heterocycles. The van der Waals surface area contributed by atoms with Crippen LogP contribution in [0.3, 0.4) is 0 Å². The second kappa shape index (κ2) is 8.47. The molecular weight excluding hydrogens is 388 g/mol. The zero-order valence-electron chi connectivity index (χ0n) is 11.8. The molecule has 0 bridgehead atoms. The molecule has 1 N–H and O–H groups in total. The topological polar surface area (TPSA) is 15.3 Å². The third-order valence-electron chi connectivity index (χ3n) is 3.62. The molecule has 0 unspecified atom stereocenters. The van der Waals surface area contributed by atoms with Crippen molar-refractivity contribution in [3.8, 4) is 0 Å². The number of piperazine rings is 1. The number of benzene rings is 1. The second-order valence-electron chi connectivity index (χ2n) is 5.12. The Morgan fingerprint density at radius 3 is 2.41 bits per heavy atom. The second-order valence-corrected chi connectivity index (χ2v) is 6.04. The summed E-state index contributed by atoms with van der Waals surface area (Å²) in [6, 6.07) is 4.00. The van der Waals surface area contributed by atoms with E-state index in [1.165, 1.54) is 6.07 Å². The van der Waals surface area contributed by atoms with E-state index >= 15 is 0 Å². The molecule has 1 aromatic carbocycles. The molecule has 0 spiro atoms. The summed E-state index contributed by atoms with van der Waals surface area (Å²) in [6.45, 7) is 2.66. The molecule has 22 heavy (non-hydrogen) atoms. The van der Waals surface area contributed by atoms with Crippen LogP contribution in [0.2, 0.25) is 0 Å². The van der Waals surface area contributed by atoms with E-state index in [0.717, 1.165) is 0 Å². The van der Waals surface area contributed by atoms with Gasteiger partial charge in [-0.15, -0.1) is 12.4 Å². The Kier molecular flexibility index (Phi) is 7.58. The lowest BCUT2D eigenvalue weighted by Gasteiger charge is -2.35. The minimum atomic E-state index is -4.22. The highest BCUT2D eigenvalue weighted by Gasteiger charge is 2.32. The van der Waals surface area contributed by atoms with E-state index in [9.17, 15) is 17.6 Å². The average Bonchev–Trinajstić information content (AvgIpc) is 2.41. The Morgan fingerprint density at radius 1 is 1.23 bits per heavy atom. The van der Waals surface area contributed by atoms with Gasteiger partial charge >= 0.3 is 6.18 Å². The summed E-state index contributed by atoms with van der Waals surface area (Å²) in [6.07, 6.45) is -5.25. The van der Waals surface area contributed by atoms with Gasteiger partial charge in [-0.1, -0.05) is 22.0 Å². The largest absolute Gasteiger partial charge is 0.389 e. The normalized spacial score (nSPS) is 17.9. The van der Waals surface area contributed by atoms with Crippen molar-refractivity contribution in [2.75, 3.05) is 26.2 Å². The highest BCUT2D eigenvalue weighted by Crippen LogP contribution is 2.33. The van der Waals surface area contributed by atoms with Crippen LogP contribution in [-0.2, 0) is 0 Å². The van der Waals surface area contributed by atoms with Crippen LogP contribution in [0.5, 0.6) is 0 Å². The van der Waals surface area contributed by atoms with Gasteiger partial charge in [-0.05, 0) is 18.6 Å². The Balaban J connectivity index is 0.00000242. The lowest BCUT2D eigenvalue weighted by atomic mass is 9.98. The van der Waals surface area contributed by atoms with Crippen molar-refractivity contribution in [2.24, 2.45) is 0 Å². The van der Waals surface area contributed by atoms with E-state index in [2.05, 4.69) is 21.2 Å². The molecule has 0 aliphatic carbocycles. The molecule has 8 heteroatoms. The molecule has 0 amide bonds.